The van der Waals surface area contributed by atoms with Gasteiger partial charge in [0, 0.05) is 31.1 Å². The van der Waals surface area contributed by atoms with Crippen molar-refractivity contribution in [1.82, 2.24) is 40.5 Å². The molecule has 0 bridgehead atoms. The normalized spacial score (nSPS) is 11.3. The van der Waals surface area contributed by atoms with Gasteiger partial charge in [0.15, 0.2) is 5.69 Å². The maximum absolute atomic E-state index is 12.6. The highest BCUT2D eigenvalue weighted by Crippen LogP contribution is 2.28. The predicted molar refractivity (Wildman–Crippen MR) is 130 cm³/mol. The molecule has 0 aromatic carbocycles. The Morgan fingerprint density at radius 1 is 1.00 bits per heavy atom. The van der Waals surface area contributed by atoms with Gasteiger partial charge >= 0.3 is 6.18 Å². The Morgan fingerprint density at radius 2 is 1.87 bits per heavy atom. The molecule has 38 heavy (non-hydrogen) atoms. The van der Waals surface area contributed by atoms with Gasteiger partial charge in [0.25, 0.3) is 5.91 Å². The minimum Gasteiger partial charge on any atom is -0.345 e. The van der Waals surface area contributed by atoms with E-state index in [4.69, 9.17) is 0 Å². The average molecular weight is 546 g/mol. The SMILES string of the molecule is O=C(Cc1ccccn1)Nc1nnc(CCCCn2cc(C(=O)NCc3ccc(C(F)(F)F)cn3)nn2)s1. The Hall–Kier alpha value is -4.27. The number of anilines is 1. The summed E-state index contributed by atoms with van der Waals surface area (Å²) in [7, 11) is 0. The van der Waals surface area contributed by atoms with Gasteiger partial charge in [-0.3, -0.25) is 24.2 Å². The van der Waals surface area contributed by atoms with Crippen LogP contribution in [-0.4, -0.2) is 47.0 Å². The van der Waals surface area contributed by atoms with E-state index in [1.807, 2.05) is 6.07 Å². The van der Waals surface area contributed by atoms with Gasteiger partial charge in [-0.25, -0.2) is 0 Å². The van der Waals surface area contributed by atoms with Crippen molar-refractivity contribution in [3.05, 3.63) is 76.6 Å². The van der Waals surface area contributed by atoms with Crippen molar-refractivity contribution in [2.75, 3.05) is 5.32 Å². The number of amides is 2. The summed E-state index contributed by atoms with van der Waals surface area (Å²) in [5, 5.41) is 22.4. The highest BCUT2D eigenvalue weighted by Gasteiger charge is 2.30. The number of carbonyl (C=O) groups excluding carboxylic acids is 2. The zero-order valence-electron chi connectivity index (χ0n) is 19.9. The second-order valence-corrected chi connectivity index (χ2v) is 9.15. The van der Waals surface area contributed by atoms with Crippen LogP contribution in [0.3, 0.4) is 0 Å². The molecule has 0 aliphatic rings. The van der Waals surface area contributed by atoms with Crippen molar-refractivity contribution in [3.8, 4) is 0 Å². The Bertz CT molecular complexity index is 1360. The van der Waals surface area contributed by atoms with Gasteiger partial charge in [0.1, 0.15) is 5.01 Å². The van der Waals surface area contributed by atoms with E-state index in [0.29, 0.717) is 23.8 Å². The number of rotatable bonds is 11. The summed E-state index contributed by atoms with van der Waals surface area (Å²) < 4.78 is 39.4. The first-order valence-corrected chi connectivity index (χ1v) is 12.3. The first kappa shape index (κ1) is 26.8. The summed E-state index contributed by atoms with van der Waals surface area (Å²) >= 11 is 1.31. The third-order valence-corrected chi connectivity index (χ3v) is 6.06. The Labute approximate surface area is 218 Å². The van der Waals surface area contributed by atoms with Crippen LogP contribution in [-0.2, 0) is 36.9 Å². The fraction of sp³-hybridized carbons (Fsp3) is 0.304. The number of hydrogen-bond donors (Lipinski definition) is 2. The molecule has 0 saturated heterocycles. The first-order chi connectivity index (χ1) is 18.3. The van der Waals surface area contributed by atoms with Crippen LogP contribution in [0, 0.1) is 0 Å². The van der Waals surface area contributed by atoms with Gasteiger partial charge < -0.3 is 10.6 Å². The lowest BCUT2D eigenvalue weighted by atomic mass is 10.2. The number of halogens is 3. The van der Waals surface area contributed by atoms with Gasteiger partial charge in [-0.15, -0.1) is 15.3 Å². The van der Waals surface area contributed by atoms with Crippen LogP contribution in [0.15, 0.2) is 48.9 Å². The maximum Gasteiger partial charge on any atom is 0.417 e. The summed E-state index contributed by atoms with van der Waals surface area (Å²) in [5.74, 6) is -0.725. The van der Waals surface area contributed by atoms with Gasteiger partial charge in [0.05, 0.1) is 30.4 Å². The largest absolute Gasteiger partial charge is 0.417 e. The molecular weight excluding hydrogens is 523 g/mol. The number of pyridine rings is 2. The third-order valence-electron chi connectivity index (χ3n) is 5.16. The van der Waals surface area contributed by atoms with Crippen LogP contribution >= 0.6 is 11.3 Å². The van der Waals surface area contributed by atoms with Gasteiger partial charge in [-0.2, -0.15) is 13.2 Å². The monoisotopic (exact) mass is 545 g/mol. The van der Waals surface area contributed by atoms with Crippen molar-refractivity contribution < 1.29 is 22.8 Å². The van der Waals surface area contributed by atoms with Crippen LogP contribution in [0.25, 0.3) is 0 Å². The number of nitrogens with one attached hydrogen (secondary N) is 2. The molecular formula is C23H22F3N9O2S. The van der Waals surface area contributed by atoms with E-state index in [1.54, 1.807) is 18.3 Å². The lowest BCUT2D eigenvalue weighted by molar-refractivity contribution is -0.137. The standard InChI is InChI=1S/C23H22F3N9O2S/c24-23(25,26)15-7-8-17(28-12-15)13-29-21(37)18-14-35(34-31-18)10-4-2-6-20-32-33-22(38-20)30-19(36)11-16-5-1-3-9-27-16/h1,3,5,7-9,12,14H,2,4,6,10-11,13H2,(H,29,37)(H,30,33,36). The highest BCUT2D eigenvalue weighted by atomic mass is 32.1. The number of aryl methyl sites for hydroxylation is 2. The highest BCUT2D eigenvalue weighted by molar-refractivity contribution is 7.15. The second kappa shape index (κ2) is 12.3. The minimum absolute atomic E-state index is 0.0444. The first-order valence-electron chi connectivity index (χ1n) is 11.5. The van der Waals surface area contributed by atoms with Crippen LogP contribution in [0.1, 0.15) is 45.3 Å². The topological polar surface area (TPSA) is 140 Å². The fourth-order valence-electron chi connectivity index (χ4n) is 3.26. The van der Waals surface area contributed by atoms with Crippen molar-refractivity contribution >= 4 is 28.3 Å². The van der Waals surface area contributed by atoms with E-state index in [0.717, 1.165) is 30.1 Å². The Balaban J connectivity index is 1.15. The molecule has 0 atom stereocenters. The van der Waals surface area contributed by atoms with Crippen molar-refractivity contribution in [3.63, 3.8) is 0 Å². The molecule has 0 fully saturated rings. The number of unbranched alkanes of at least 4 members (excludes halogenated alkanes) is 1. The lowest BCUT2D eigenvalue weighted by Gasteiger charge is -2.07. The molecule has 0 radical (unpaired) electrons. The van der Waals surface area contributed by atoms with Crippen molar-refractivity contribution in [2.24, 2.45) is 0 Å². The molecule has 2 amide bonds. The third kappa shape index (κ3) is 7.86. The quantitative estimate of drug-likeness (QED) is 0.274. The molecule has 0 saturated carbocycles. The fourth-order valence-corrected chi connectivity index (χ4v) is 4.05. The smallest absolute Gasteiger partial charge is 0.345 e. The summed E-state index contributed by atoms with van der Waals surface area (Å²) in [6.07, 6.45) is 1.71. The van der Waals surface area contributed by atoms with Gasteiger partial charge in [-0.05, 0) is 37.1 Å². The Kier molecular flexibility index (Phi) is 8.68. The number of carbonyl (C=O) groups is 2. The van der Waals surface area contributed by atoms with E-state index >= 15 is 0 Å². The lowest BCUT2D eigenvalue weighted by Crippen LogP contribution is -2.23. The second-order valence-electron chi connectivity index (χ2n) is 8.09. The number of aromatic nitrogens is 7. The van der Waals surface area contributed by atoms with Crippen molar-refractivity contribution in [2.45, 2.75) is 44.9 Å². The van der Waals surface area contributed by atoms with Gasteiger partial charge in [-0.1, -0.05) is 22.6 Å². The zero-order chi connectivity index (χ0) is 27.0. The zero-order valence-corrected chi connectivity index (χ0v) is 20.7. The molecule has 0 aliphatic carbocycles. The predicted octanol–water partition coefficient (Wildman–Crippen LogP) is 3.07. The number of hydrogen-bond acceptors (Lipinski definition) is 9. The molecule has 0 aliphatic heterocycles. The van der Waals surface area contributed by atoms with E-state index in [2.05, 4.69) is 41.1 Å². The summed E-state index contributed by atoms with van der Waals surface area (Å²) in [6, 6.07) is 7.49. The molecule has 0 unspecified atom stereocenters. The molecule has 4 aromatic heterocycles. The molecule has 0 spiro atoms. The van der Waals surface area contributed by atoms with Crippen LogP contribution in [0.2, 0.25) is 0 Å². The van der Waals surface area contributed by atoms with Crippen LogP contribution < -0.4 is 10.6 Å². The number of alkyl halides is 3. The molecule has 15 heteroatoms. The van der Waals surface area contributed by atoms with Crippen LogP contribution in [0.5, 0.6) is 0 Å². The van der Waals surface area contributed by atoms with Gasteiger partial charge in [0.2, 0.25) is 11.0 Å². The average Bonchev–Trinajstić information content (AvgIpc) is 3.55. The summed E-state index contributed by atoms with van der Waals surface area (Å²) in [4.78, 5) is 32.2. The van der Waals surface area contributed by atoms with E-state index in [1.165, 1.54) is 28.3 Å². The molecule has 198 valence electrons. The molecule has 2 N–H and O–H groups in total. The van der Waals surface area contributed by atoms with E-state index in [9.17, 15) is 22.8 Å². The maximum atomic E-state index is 12.6. The molecule has 11 nitrogen and oxygen atoms in total. The van der Waals surface area contributed by atoms with Crippen molar-refractivity contribution in [1.29, 1.82) is 0 Å². The van der Waals surface area contributed by atoms with Crippen LogP contribution in [0.4, 0.5) is 18.3 Å². The van der Waals surface area contributed by atoms with E-state index in [-0.39, 0.29) is 30.3 Å². The minimum atomic E-state index is -4.47. The molecule has 4 aromatic rings. The number of nitrogens with zero attached hydrogens (tertiary/aromatic N) is 7. The summed E-state index contributed by atoms with van der Waals surface area (Å²) in [5.41, 5.74) is 0.184. The van der Waals surface area contributed by atoms with E-state index < -0.39 is 17.6 Å². The summed E-state index contributed by atoms with van der Waals surface area (Å²) in [6.45, 7) is 0.477. The molecule has 4 rings (SSSR count). The Morgan fingerprint density at radius 3 is 2.61 bits per heavy atom. The molecule has 4 heterocycles.